The van der Waals surface area contributed by atoms with Gasteiger partial charge < -0.3 is 18.3 Å². The summed E-state index contributed by atoms with van der Waals surface area (Å²) in [5, 5.41) is 9.18. The summed E-state index contributed by atoms with van der Waals surface area (Å²) in [7, 11) is 0. The van der Waals surface area contributed by atoms with Crippen molar-refractivity contribution in [3.8, 4) is 16.8 Å². The number of para-hydroxylation sites is 5. The summed E-state index contributed by atoms with van der Waals surface area (Å²) >= 11 is 0. The zero-order chi connectivity index (χ0) is 36.7. The molecule has 0 aliphatic heterocycles. The van der Waals surface area contributed by atoms with Crippen molar-refractivity contribution < 1.29 is 8.83 Å². The van der Waals surface area contributed by atoms with Crippen molar-refractivity contribution in [2.24, 2.45) is 0 Å². The topological polar surface area (TPSA) is 34.5 Å². The van der Waals surface area contributed by atoms with Crippen molar-refractivity contribution in [3.05, 3.63) is 194 Å². The molecule has 3 aromatic heterocycles. The second-order valence-electron chi connectivity index (χ2n) is 14.5. The Morgan fingerprint density at radius 1 is 0.393 bits per heavy atom. The third-order valence-corrected chi connectivity index (χ3v) is 11.4. The zero-order valence-corrected chi connectivity index (χ0v) is 30.2. The Kier molecular flexibility index (Phi) is 6.60. The van der Waals surface area contributed by atoms with Crippen molar-refractivity contribution in [2.75, 3.05) is 4.90 Å². The molecule has 0 fully saturated rings. The smallest absolute Gasteiger partial charge is 0.143 e. The van der Waals surface area contributed by atoms with E-state index in [1.165, 1.54) is 16.2 Å². The van der Waals surface area contributed by atoms with Crippen molar-refractivity contribution in [1.82, 2.24) is 4.57 Å². The standard InChI is InChI=1S/C52H32N2O2/c1-2-16-38-33(13-1)27-29-43-51-37(20-12-26-49(51)56-52(38)43)34-14-11-15-35(31-34)53(36-28-30-42-41-19-5-10-25-48(41)55-50(42)32-36)46-23-8-9-24-47(46)54-44-21-6-3-17-39(44)40-18-4-7-22-45(40)54/h1-32H. The van der Waals surface area contributed by atoms with E-state index in [9.17, 15) is 0 Å². The lowest BCUT2D eigenvalue weighted by Gasteiger charge is -2.28. The van der Waals surface area contributed by atoms with Crippen LogP contribution in [0.1, 0.15) is 0 Å². The van der Waals surface area contributed by atoms with Gasteiger partial charge in [-0.2, -0.15) is 0 Å². The molecule has 0 atom stereocenters. The average Bonchev–Trinajstić information content (AvgIpc) is 3.94. The van der Waals surface area contributed by atoms with Crippen molar-refractivity contribution in [2.45, 2.75) is 0 Å². The van der Waals surface area contributed by atoms with Gasteiger partial charge in [-0.25, -0.2) is 0 Å². The summed E-state index contributed by atoms with van der Waals surface area (Å²) in [6, 6.07) is 69.0. The summed E-state index contributed by atoms with van der Waals surface area (Å²) in [4.78, 5) is 2.37. The Morgan fingerprint density at radius 2 is 1.04 bits per heavy atom. The molecule has 0 radical (unpaired) electrons. The van der Waals surface area contributed by atoms with E-state index >= 15 is 0 Å². The van der Waals surface area contributed by atoms with E-state index in [4.69, 9.17) is 8.83 Å². The number of aromatic nitrogens is 1. The third kappa shape index (κ3) is 4.53. The van der Waals surface area contributed by atoms with E-state index in [0.717, 1.165) is 94.2 Å². The van der Waals surface area contributed by atoms with Crippen molar-refractivity contribution in [1.29, 1.82) is 0 Å². The predicted octanol–water partition coefficient (Wildman–Crippen LogP) is 14.9. The molecule has 0 N–H and O–H groups in total. The molecule has 9 aromatic carbocycles. The van der Waals surface area contributed by atoms with Gasteiger partial charge in [-0.3, -0.25) is 0 Å². The molecule has 3 heterocycles. The van der Waals surface area contributed by atoms with Gasteiger partial charge in [-0.15, -0.1) is 0 Å². The van der Waals surface area contributed by atoms with Gasteiger partial charge in [0.25, 0.3) is 0 Å². The highest BCUT2D eigenvalue weighted by atomic mass is 16.3. The van der Waals surface area contributed by atoms with Crippen LogP contribution in [0.15, 0.2) is 203 Å². The third-order valence-electron chi connectivity index (χ3n) is 11.4. The maximum absolute atomic E-state index is 6.61. The van der Waals surface area contributed by atoms with Crippen LogP contribution in [-0.2, 0) is 0 Å². The first-order chi connectivity index (χ1) is 27.8. The Balaban J connectivity index is 1.11. The quantitative estimate of drug-likeness (QED) is 0.178. The number of benzene rings is 9. The summed E-state index contributed by atoms with van der Waals surface area (Å²) < 4.78 is 15.5. The molecule has 0 aliphatic rings. The van der Waals surface area contributed by atoms with E-state index in [1.54, 1.807) is 0 Å². The summed E-state index contributed by atoms with van der Waals surface area (Å²) in [6.07, 6.45) is 0. The van der Waals surface area contributed by atoms with E-state index in [0.29, 0.717) is 0 Å². The second-order valence-corrected chi connectivity index (χ2v) is 14.5. The average molecular weight is 717 g/mol. The monoisotopic (exact) mass is 716 g/mol. The highest BCUT2D eigenvalue weighted by molar-refractivity contribution is 6.19. The molecule has 4 heteroatoms. The van der Waals surface area contributed by atoms with Gasteiger partial charge in [0, 0.05) is 55.1 Å². The van der Waals surface area contributed by atoms with E-state index in [1.807, 2.05) is 12.1 Å². The maximum Gasteiger partial charge on any atom is 0.143 e. The molecule has 12 aromatic rings. The number of hydrogen-bond acceptors (Lipinski definition) is 3. The van der Waals surface area contributed by atoms with Crippen LogP contribution in [-0.4, -0.2) is 4.57 Å². The highest BCUT2D eigenvalue weighted by Gasteiger charge is 2.22. The van der Waals surface area contributed by atoms with Gasteiger partial charge in [0.2, 0.25) is 0 Å². The van der Waals surface area contributed by atoms with E-state index in [-0.39, 0.29) is 0 Å². The van der Waals surface area contributed by atoms with Gasteiger partial charge >= 0.3 is 0 Å². The summed E-state index contributed by atoms with van der Waals surface area (Å²) in [5.74, 6) is 0. The lowest BCUT2D eigenvalue weighted by Crippen LogP contribution is -2.13. The zero-order valence-electron chi connectivity index (χ0n) is 30.2. The molecule has 262 valence electrons. The fourth-order valence-corrected chi connectivity index (χ4v) is 8.91. The highest BCUT2D eigenvalue weighted by Crippen LogP contribution is 2.45. The van der Waals surface area contributed by atoms with Crippen LogP contribution in [0.3, 0.4) is 0 Å². The molecule has 4 nitrogen and oxygen atoms in total. The Morgan fingerprint density at radius 3 is 1.89 bits per heavy atom. The fraction of sp³-hybridized carbons (Fsp3) is 0. The van der Waals surface area contributed by atoms with Crippen LogP contribution in [0.25, 0.3) is 93.3 Å². The second kappa shape index (κ2) is 12.0. The summed E-state index contributed by atoms with van der Waals surface area (Å²) in [5.41, 5.74) is 12.2. The molecule has 56 heavy (non-hydrogen) atoms. The van der Waals surface area contributed by atoms with Gasteiger partial charge in [-0.05, 0) is 83.2 Å². The first kappa shape index (κ1) is 30.9. The number of hydrogen-bond donors (Lipinski definition) is 0. The lowest BCUT2D eigenvalue weighted by molar-refractivity contribution is 0.669. The van der Waals surface area contributed by atoms with Crippen LogP contribution in [0.2, 0.25) is 0 Å². The predicted molar refractivity (Wildman–Crippen MR) is 233 cm³/mol. The van der Waals surface area contributed by atoms with Gasteiger partial charge in [0.1, 0.15) is 22.3 Å². The molecule has 0 spiro atoms. The van der Waals surface area contributed by atoms with Gasteiger partial charge in [0.15, 0.2) is 0 Å². The number of furan rings is 2. The molecule has 0 saturated carbocycles. The number of rotatable bonds is 5. The Labute approximate surface area is 321 Å². The fourth-order valence-electron chi connectivity index (χ4n) is 8.91. The molecular formula is C52H32N2O2. The Bertz CT molecular complexity index is 3460. The molecule has 0 unspecified atom stereocenters. The minimum absolute atomic E-state index is 0.848. The number of nitrogens with zero attached hydrogens (tertiary/aromatic N) is 2. The van der Waals surface area contributed by atoms with Gasteiger partial charge in [0.05, 0.1) is 22.4 Å². The summed E-state index contributed by atoms with van der Waals surface area (Å²) in [6.45, 7) is 0. The van der Waals surface area contributed by atoms with Crippen LogP contribution in [0.4, 0.5) is 17.1 Å². The molecule has 0 aliphatic carbocycles. The van der Waals surface area contributed by atoms with Crippen LogP contribution < -0.4 is 4.90 Å². The Hall–Kier alpha value is -7.56. The van der Waals surface area contributed by atoms with Crippen LogP contribution in [0, 0.1) is 0 Å². The first-order valence-electron chi connectivity index (χ1n) is 19.0. The van der Waals surface area contributed by atoms with E-state index in [2.05, 4.69) is 191 Å². The number of fused-ring (bicyclic) bond motifs is 11. The largest absolute Gasteiger partial charge is 0.456 e. The molecular weight excluding hydrogens is 685 g/mol. The van der Waals surface area contributed by atoms with E-state index < -0.39 is 0 Å². The molecule has 0 saturated heterocycles. The lowest BCUT2D eigenvalue weighted by atomic mass is 9.97. The molecule has 0 bridgehead atoms. The van der Waals surface area contributed by atoms with Crippen LogP contribution in [0.5, 0.6) is 0 Å². The van der Waals surface area contributed by atoms with Crippen LogP contribution >= 0.6 is 0 Å². The minimum atomic E-state index is 0.848. The maximum atomic E-state index is 6.61. The first-order valence-corrected chi connectivity index (χ1v) is 19.0. The minimum Gasteiger partial charge on any atom is -0.456 e. The van der Waals surface area contributed by atoms with Gasteiger partial charge in [-0.1, -0.05) is 121 Å². The normalized spacial score (nSPS) is 11.9. The number of anilines is 3. The molecule has 12 rings (SSSR count). The van der Waals surface area contributed by atoms with Crippen molar-refractivity contribution in [3.63, 3.8) is 0 Å². The van der Waals surface area contributed by atoms with Crippen molar-refractivity contribution >= 4 is 93.5 Å². The molecule has 0 amide bonds. The SMILES string of the molecule is c1cc(-c2cccc3oc4c5ccccc5ccc4c23)cc(N(c2ccc3c(c2)oc2ccccc23)c2ccccc2-n2c3ccccc3c3ccccc32)c1.